The van der Waals surface area contributed by atoms with Gasteiger partial charge in [-0.1, -0.05) is 12.7 Å². The standard InChI is InChI=1S/C15H19F3N2O2/c1-4-7-22-13-6-5-11(15(16,17)18)8-12(13)14(21)20-9-10(2)19-3/h4-6,8,10,19H,1,7,9H2,2-3H3,(H,20,21). The second kappa shape index (κ2) is 7.84. The van der Waals surface area contributed by atoms with Gasteiger partial charge in [0.05, 0.1) is 11.1 Å². The maximum absolute atomic E-state index is 12.8. The molecule has 2 N–H and O–H groups in total. The number of carbonyl (C=O) groups excluding carboxylic acids is 1. The van der Waals surface area contributed by atoms with Crippen LogP contribution in [0.4, 0.5) is 13.2 Å². The van der Waals surface area contributed by atoms with Gasteiger partial charge in [-0.15, -0.1) is 0 Å². The number of benzene rings is 1. The smallest absolute Gasteiger partial charge is 0.416 e. The molecule has 0 bridgehead atoms. The van der Waals surface area contributed by atoms with Crippen LogP contribution in [0.2, 0.25) is 0 Å². The van der Waals surface area contributed by atoms with Crippen molar-refractivity contribution in [3.8, 4) is 5.75 Å². The molecule has 7 heteroatoms. The third-order valence-electron chi connectivity index (χ3n) is 2.97. The lowest BCUT2D eigenvalue weighted by Gasteiger charge is -2.15. The number of halogens is 3. The second-order valence-corrected chi connectivity index (χ2v) is 4.71. The van der Waals surface area contributed by atoms with E-state index in [0.29, 0.717) is 0 Å². The van der Waals surface area contributed by atoms with Gasteiger partial charge >= 0.3 is 6.18 Å². The minimum atomic E-state index is -4.52. The van der Waals surface area contributed by atoms with Gasteiger partial charge in [-0.2, -0.15) is 13.2 Å². The molecule has 0 saturated heterocycles. The SMILES string of the molecule is C=CCOc1ccc(C(F)(F)F)cc1C(=O)NCC(C)NC. The highest BCUT2D eigenvalue weighted by molar-refractivity contribution is 5.97. The van der Waals surface area contributed by atoms with Crippen LogP contribution in [0, 0.1) is 0 Å². The van der Waals surface area contributed by atoms with E-state index < -0.39 is 17.6 Å². The molecule has 0 radical (unpaired) electrons. The minimum Gasteiger partial charge on any atom is -0.489 e. The molecule has 0 aliphatic heterocycles. The van der Waals surface area contributed by atoms with Gasteiger partial charge in [-0.05, 0) is 32.2 Å². The van der Waals surface area contributed by atoms with Crippen LogP contribution in [0.5, 0.6) is 5.75 Å². The summed E-state index contributed by atoms with van der Waals surface area (Å²) in [6, 6.07) is 2.80. The predicted octanol–water partition coefficient (Wildman–Crippen LogP) is 2.61. The quantitative estimate of drug-likeness (QED) is 0.760. The first-order valence-electron chi connectivity index (χ1n) is 6.70. The van der Waals surface area contributed by atoms with Crippen molar-refractivity contribution in [1.29, 1.82) is 0 Å². The average Bonchev–Trinajstić information content (AvgIpc) is 2.48. The summed E-state index contributed by atoms with van der Waals surface area (Å²) in [5, 5.41) is 5.49. The molecule has 1 aromatic carbocycles. The lowest BCUT2D eigenvalue weighted by molar-refractivity contribution is -0.137. The number of likely N-dealkylation sites (N-methyl/N-ethyl adjacent to an activating group) is 1. The fraction of sp³-hybridized carbons (Fsp3) is 0.400. The van der Waals surface area contributed by atoms with E-state index in [9.17, 15) is 18.0 Å². The van der Waals surface area contributed by atoms with Crippen LogP contribution in [0.15, 0.2) is 30.9 Å². The zero-order valence-corrected chi connectivity index (χ0v) is 12.5. The van der Waals surface area contributed by atoms with Crippen molar-refractivity contribution in [2.45, 2.75) is 19.1 Å². The Morgan fingerprint density at radius 2 is 2.14 bits per heavy atom. The number of hydrogen-bond acceptors (Lipinski definition) is 3. The first-order valence-corrected chi connectivity index (χ1v) is 6.70. The molecule has 0 fully saturated rings. The number of amides is 1. The minimum absolute atomic E-state index is 0.00714. The molecule has 1 amide bonds. The summed E-state index contributed by atoms with van der Waals surface area (Å²) in [6.45, 7) is 5.68. The molecule has 0 aliphatic carbocycles. The molecule has 0 spiro atoms. The Morgan fingerprint density at radius 3 is 2.68 bits per heavy atom. The van der Waals surface area contributed by atoms with Gasteiger partial charge < -0.3 is 15.4 Å². The van der Waals surface area contributed by atoms with E-state index in [1.807, 2.05) is 6.92 Å². The third kappa shape index (κ3) is 5.07. The van der Waals surface area contributed by atoms with Crippen molar-refractivity contribution < 1.29 is 22.7 Å². The molecule has 1 rings (SSSR count). The van der Waals surface area contributed by atoms with Crippen LogP contribution in [0.1, 0.15) is 22.8 Å². The molecule has 1 atom stereocenters. The van der Waals surface area contributed by atoms with E-state index in [2.05, 4.69) is 17.2 Å². The van der Waals surface area contributed by atoms with Crippen LogP contribution >= 0.6 is 0 Å². The maximum atomic E-state index is 12.8. The molecular formula is C15H19F3N2O2. The predicted molar refractivity (Wildman–Crippen MR) is 78.0 cm³/mol. The monoisotopic (exact) mass is 316 g/mol. The Morgan fingerprint density at radius 1 is 1.45 bits per heavy atom. The topological polar surface area (TPSA) is 50.4 Å². The Hall–Kier alpha value is -2.02. The number of ether oxygens (including phenoxy) is 1. The summed E-state index contributed by atoms with van der Waals surface area (Å²) >= 11 is 0. The van der Waals surface area contributed by atoms with Gasteiger partial charge in [0.1, 0.15) is 12.4 Å². The Balaban J connectivity index is 3.04. The third-order valence-corrected chi connectivity index (χ3v) is 2.97. The zero-order valence-electron chi connectivity index (χ0n) is 12.5. The summed E-state index contributed by atoms with van der Waals surface area (Å²) < 4.78 is 43.6. The molecule has 0 aromatic heterocycles. The fourth-order valence-corrected chi connectivity index (χ4v) is 1.60. The van der Waals surface area contributed by atoms with E-state index in [4.69, 9.17) is 4.74 Å². The number of alkyl halides is 3. The van der Waals surface area contributed by atoms with E-state index in [-0.39, 0.29) is 30.5 Å². The lowest BCUT2D eigenvalue weighted by Crippen LogP contribution is -2.37. The van der Waals surface area contributed by atoms with Crippen LogP contribution in [-0.4, -0.2) is 32.1 Å². The van der Waals surface area contributed by atoms with E-state index in [1.165, 1.54) is 6.08 Å². The maximum Gasteiger partial charge on any atom is 0.416 e. The van der Waals surface area contributed by atoms with Gasteiger partial charge in [0.2, 0.25) is 0 Å². The Labute approximate surface area is 127 Å². The number of carbonyl (C=O) groups is 1. The highest BCUT2D eigenvalue weighted by Crippen LogP contribution is 2.32. The summed E-state index contributed by atoms with van der Waals surface area (Å²) in [5.74, 6) is -0.533. The van der Waals surface area contributed by atoms with Gasteiger partial charge in [0.25, 0.3) is 5.91 Å². The molecule has 1 aromatic rings. The van der Waals surface area contributed by atoms with Crippen molar-refractivity contribution >= 4 is 5.91 Å². The highest BCUT2D eigenvalue weighted by Gasteiger charge is 2.32. The van der Waals surface area contributed by atoms with E-state index in [0.717, 1.165) is 18.2 Å². The van der Waals surface area contributed by atoms with Gasteiger partial charge in [-0.3, -0.25) is 4.79 Å². The summed E-state index contributed by atoms with van der Waals surface area (Å²) in [4.78, 5) is 12.1. The Bertz CT molecular complexity index is 530. The second-order valence-electron chi connectivity index (χ2n) is 4.71. The van der Waals surface area contributed by atoms with E-state index >= 15 is 0 Å². The number of nitrogens with one attached hydrogen (secondary N) is 2. The fourth-order valence-electron chi connectivity index (χ4n) is 1.60. The van der Waals surface area contributed by atoms with Crippen molar-refractivity contribution in [2.75, 3.05) is 20.2 Å². The van der Waals surface area contributed by atoms with Crippen LogP contribution in [0.3, 0.4) is 0 Å². The van der Waals surface area contributed by atoms with Gasteiger partial charge in [0, 0.05) is 12.6 Å². The molecule has 0 aliphatic rings. The van der Waals surface area contributed by atoms with Crippen LogP contribution in [-0.2, 0) is 6.18 Å². The normalized spacial score (nSPS) is 12.6. The van der Waals surface area contributed by atoms with Crippen molar-refractivity contribution in [3.05, 3.63) is 42.0 Å². The first-order chi connectivity index (χ1) is 10.3. The lowest BCUT2D eigenvalue weighted by atomic mass is 10.1. The number of hydrogen-bond donors (Lipinski definition) is 2. The summed E-state index contributed by atoms with van der Waals surface area (Å²) in [5.41, 5.74) is -1.05. The molecule has 122 valence electrons. The molecule has 0 saturated carbocycles. The average molecular weight is 316 g/mol. The van der Waals surface area contributed by atoms with Crippen molar-refractivity contribution in [1.82, 2.24) is 10.6 Å². The Kier molecular flexibility index (Phi) is 6.42. The molecule has 22 heavy (non-hydrogen) atoms. The molecule has 1 unspecified atom stereocenters. The largest absolute Gasteiger partial charge is 0.489 e. The van der Waals surface area contributed by atoms with Crippen molar-refractivity contribution in [2.24, 2.45) is 0 Å². The van der Waals surface area contributed by atoms with Crippen LogP contribution < -0.4 is 15.4 Å². The molecular weight excluding hydrogens is 297 g/mol. The van der Waals surface area contributed by atoms with Crippen molar-refractivity contribution in [3.63, 3.8) is 0 Å². The van der Waals surface area contributed by atoms with Gasteiger partial charge in [-0.25, -0.2) is 0 Å². The molecule has 4 nitrogen and oxygen atoms in total. The molecule has 0 heterocycles. The highest BCUT2D eigenvalue weighted by atomic mass is 19.4. The number of rotatable bonds is 7. The van der Waals surface area contributed by atoms with E-state index in [1.54, 1.807) is 7.05 Å². The van der Waals surface area contributed by atoms with Crippen LogP contribution in [0.25, 0.3) is 0 Å². The van der Waals surface area contributed by atoms with Gasteiger partial charge in [0.15, 0.2) is 0 Å². The first kappa shape index (κ1) is 18.0. The summed E-state index contributed by atoms with van der Waals surface area (Å²) in [7, 11) is 1.72. The zero-order chi connectivity index (χ0) is 16.8. The summed E-state index contributed by atoms with van der Waals surface area (Å²) in [6.07, 6.45) is -3.08.